The van der Waals surface area contributed by atoms with E-state index in [0.717, 1.165) is 0 Å². The molecule has 1 rings (SSSR count). The summed E-state index contributed by atoms with van der Waals surface area (Å²) in [5.41, 5.74) is 1.48. The standard InChI is InChI=1S/C11H11ClO3/c1-6-4-9(7(2)13)10(12)5-8(6)11(14)15-3/h4-5,13H,2H2,1,3H3. The number of hydrogen-bond acceptors (Lipinski definition) is 3. The lowest BCUT2D eigenvalue weighted by Crippen LogP contribution is -2.04. The number of aliphatic hydroxyl groups excluding tert-OH is 1. The maximum absolute atomic E-state index is 11.3. The second-order valence-electron chi connectivity index (χ2n) is 3.09. The van der Waals surface area contributed by atoms with Crippen LogP contribution in [0.1, 0.15) is 21.5 Å². The third kappa shape index (κ3) is 2.30. The number of carbonyl (C=O) groups excluding carboxylic acids is 1. The summed E-state index contributed by atoms with van der Waals surface area (Å²) < 4.78 is 4.59. The van der Waals surface area contributed by atoms with Crippen LogP contribution in [0, 0.1) is 6.92 Å². The minimum absolute atomic E-state index is 0.125. The summed E-state index contributed by atoms with van der Waals surface area (Å²) in [5, 5.41) is 9.49. The molecule has 0 radical (unpaired) electrons. The van der Waals surface area contributed by atoms with E-state index in [1.807, 2.05) is 0 Å². The first-order valence-corrected chi connectivity index (χ1v) is 4.62. The largest absolute Gasteiger partial charge is 0.508 e. The van der Waals surface area contributed by atoms with Crippen molar-refractivity contribution in [1.82, 2.24) is 0 Å². The molecule has 0 bridgehead atoms. The molecule has 0 saturated heterocycles. The highest BCUT2D eigenvalue weighted by Crippen LogP contribution is 2.25. The normalized spacial score (nSPS) is 9.80. The molecule has 0 aliphatic carbocycles. The summed E-state index contributed by atoms with van der Waals surface area (Å²) in [4.78, 5) is 11.3. The summed E-state index contributed by atoms with van der Waals surface area (Å²) in [5.74, 6) is -0.580. The van der Waals surface area contributed by atoms with E-state index in [4.69, 9.17) is 11.6 Å². The summed E-state index contributed by atoms with van der Waals surface area (Å²) in [6.07, 6.45) is 0. The fourth-order valence-corrected chi connectivity index (χ4v) is 1.51. The van der Waals surface area contributed by atoms with Crippen molar-refractivity contribution in [2.24, 2.45) is 0 Å². The predicted octanol–water partition coefficient (Wildman–Crippen LogP) is 2.96. The zero-order chi connectivity index (χ0) is 11.6. The summed E-state index contributed by atoms with van der Waals surface area (Å²) in [7, 11) is 1.30. The van der Waals surface area contributed by atoms with Gasteiger partial charge in [0.05, 0.1) is 17.7 Å². The van der Waals surface area contributed by atoms with Crippen LogP contribution in [0.3, 0.4) is 0 Å². The van der Waals surface area contributed by atoms with Gasteiger partial charge in [0.25, 0.3) is 0 Å². The number of methoxy groups -OCH3 is 1. The number of aryl methyl sites for hydroxylation is 1. The first kappa shape index (κ1) is 11.6. The second-order valence-corrected chi connectivity index (χ2v) is 3.49. The van der Waals surface area contributed by atoms with Crippen molar-refractivity contribution < 1.29 is 14.6 Å². The molecule has 0 saturated carbocycles. The number of rotatable bonds is 2. The minimum Gasteiger partial charge on any atom is -0.508 e. The van der Waals surface area contributed by atoms with Crippen LogP contribution < -0.4 is 0 Å². The van der Waals surface area contributed by atoms with Crippen molar-refractivity contribution in [2.45, 2.75) is 6.92 Å². The van der Waals surface area contributed by atoms with E-state index in [-0.39, 0.29) is 10.8 Å². The molecule has 0 heterocycles. The number of aliphatic hydroxyl groups is 1. The highest BCUT2D eigenvalue weighted by atomic mass is 35.5. The number of esters is 1. The molecular weight excluding hydrogens is 216 g/mol. The SMILES string of the molecule is C=C(O)c1cc(C)c(C(=O)OC)cc1Cl. The Morgan fingerprint density at radius 1 is 1.47 bits per heavy atom. The van der Waals surface area contributed by atoms with Gasteiger partial charge in [0.2, 0.25) is 0 Å². The summed E-state index contributed by atoms with van der Waals surface area (Å²) in [6.45, 7) is 5.11. The maximum Gasteiger partial charge on any atom is 0.338 e. The lowest BCUT2D eigenvalue weighted by atomic mass is 10.0. The first-order chi connectivity index (χ1) is 6.97. The molecule has 1 aromatic carbocycles. The highest BCUT2D eigenvalue weighted by Gasteiger charge is 2.13. The maximum atomic E-state index is 11.3. The highest BCUT2D eigenvalue weighted by molar-refractivity contribution is 6.32. The van der Waals surface area contributed by atoms with Gasteiger partial charge in [-0.15, -0.1) is 0 Å². The van der Waals surface area contributed by atoms with Crippen molar-refractivity contribution in [3.05, 3.63) is 40.4 Å². The first-order valence-electron chi connectivity index (χ1n) is 4.24. The molecule has 4 heteroatoms. The molecule has 1 N–H and O–H groups in total. The average Bonchev–Trinajstić information content (AvgIpc) is 2.19. The molecule has 15 heavy (non-hydrogen) atoms. The molecule has 0 atom stereocenters. The Morgan fingerprint density at radius 2 is 2.07 bits per heavy atom. The van der Waals surface area contributed by atoms with Gasteiger partial charge in [-0.2, -0.15) is 0 Å². The third-order valence-electron chi connectivity index (χ3n) is 2.03. The zero-order valence-corrected chi connectivity index (χ0v) is 9.26. The fraction of sp³-hybridized carbons (Fsp3) is 0.182. The van der Waals surface area contributed by atoms with Crippen LogP contribution in [0.25, 0.3) is 5.76 Å². The van der Waals surface area contributed by atoms with E-state index >= 15 is 0 Å². The van der Waals surface area contributed by atoms with Crippen LogP contribution in [0.5, 0.6) is 0 Å². The van der Waals surface area contributed by atoms with Gasteiger partial charge in [-0.25, -0.2) is 4.79 Å². The topological polar surface area (TPSA) is 46.5 Å². The Bertz CT molecular complexity index is 424. The molecule has 1 aromatic rings. The van der Waals surface area contributed by atoms with Gasteiger partial charge in [-0.1, -0.05) is 18.2 Å². The molecule has 80 valence electrons. The molecule has 0 fully saturated rings. The van der Waals surface area contributed by atoms with Crippen LogP contribution in [-0.4, -0.2) is 18.2 Å². The number of ether oxygens (including phenoxy) is 1. The number of hydrogen-bond donors (Lipinski definition) is 1. The average molecular weight is 227 g/mol. The van der Waals surface area contributed by atoms with Gasteiger partial charge < -0.3 is 9.84 Å². The van der Waals surface area contributed by atoms with Gasteiger partial charge in [0.15, 0.2) is 0 Å². The summed E-state index contributed by atoms with van der Waals surface area (Å²) >= 11 is 5.87. The van der Waals surface area contributed by atoms with E-state index in [1.165, 1.54) is 13.2 Å². The van der Waals surface area contributed by atoms with Gasteiger partial charge in [0.1, 0.15) is 5.76 Å². The van der Waals surface area contributed by atoms with Crippen LogP contribution in [0.4, 0.5) is 0 Å². The van der Waals surface area contributed by atoms with E-state index in [0.29, 0.717) is 16.7 Å². The van der Waals surface area contributed by atoms with Gasteiger partial charge in [-0.3, -0.25) is 0 Å². The Labute approximate surface area is 92.9 Å². The quantitative estimate of drug-likeness (QED) is 0.623. The predicted molar refractivity (Wildman–Crippen MR) is 59.2 cm³/mol. The Balaban J connectivity index is 3.31. The lowest BCUT2D eigenvalue weighted by Gasteiger charge is -2.08. The monoisotopic (exact) mass is 226 g/mol. The molecule has 0 aromatic heterocycles. The Kier molecular flexibility index (Phi) is 3.37. The molecule has 0 unspecified atom stereocenters. The van der Waals surface area contributed by atoms with Crippen LogP contribution in [0.15, 0.2) is 18.7 Å². The summed E-state index contributed by atoms with van der Waals surface area (Å²) in [6, 6.07) is 3.05. The van der Waals surface area contributed by atoms with E-state index in [9.17, 15) is 9.90 Å². The molecular formula is C11H11ClO3. The van der Waals surface area contributed by atoms with E-state index in [1.54, 1.807) is 13.0 Å². The van der Waals surface area contributed by atoms with Crippen molar-refractivity contribution in [2.75, 3.05) is 7.11 Å². The molecule has 0 spiro atoms. The van der Waals surface area contributed by atoms with Crippen molar-refractivity contribution in [3.8, 4) is 0 Å². The second kappa shape index (κ2) is 4.36. The van der Waals surface area contributed by atoms with Gasteiger partial charge >= 0.3 is 5.97 Å². The van der Waals surface area contributed by atoms with Crippen molar-refractivity contribution in [1.29, 1.82) is 0 Å². The molecule has 0 aliphatic rings. The number of halogens is 1. The third-order valence-corrected chi connectivity index (χ3v) is 2.34. The van der Waals surface area contributed by atoms with Crippen LogP contribution >= 0.6 is 11.6 Å². The molecule has 3 nitrogen and oxygen atoms in total. The minimum atomic E-state index is -0.454. The van der Waals surface area contributed by atoms with Crippen LogP contribution in [0.2, 0.25) is 5.02 Å². The smallest absolute Gasteiger partial charge is 0.338 e. The van der Waals surface area contributed by atoms with E-state index in [2.05, 4.69) is 11.3 Å². The fourth-order valence-electron chi connectivity index (χ4n) is 1.23. The van der Waals surface area contributed by atoms with Gasteiger partial charge in [0, 0.05) is 5.56 Å². The van der Waals surface area contributed by atoms with Crippen LogP contribution in [-0.2, 0) is 4.74 Å². The zero-order valence-electron chi connectivity index (χ0n) is 8.50. The Morgan fingerprint density at radius 3 is 2.53 bits per heavy atom. The van der Waals surface area contributed by atoms with E-state index < -0.39 is 5.97 Å². The Hall–Kier alpha value is -1.48. The number of carbonyl (C=O) groups is 1. The van der Waals surface area contributed by atoms with Gasteiger partial charge in [-0.05, 0) is 24.6 Å². The lowest BCUT2D eigenvalue weighted by molar-refractivity contribution is 0.0600. The van der Waals surface area contributed by atoms with Crippen molar-refractivity contribution >= 4 is 23.3 Å². The number of benzene rings is 1. The van der Waals surface area contributed by atoms with Crippen molar-refractivity contribution in [3.63, 3.8) is 0 Å². The molecule has 0 aliphatic heterocycles. The molecule has 0 amide bonds.